The average Bonchev–Trinajstić information content (AvgIpc) is 3.19. The van der Waals surface area contributed by atoms with Crippen LogP contribution < -0.4 is 0 Å². The summed E-state index contributed by atoms with van der Waals surface area (Å²) in [6, 6.07) is 7.76. The zero-order valence-corrected chi connectivity index (χ0v) is 11.8. The molecule has 6 nitrogen and oxygen atoms in total. The lowest BCUT2D eigenvalue weighted by atomic mass is 10.0. The lowest BCUT2D eigenvalue weighted by Crippen LogP contribution is -2.16. The molecule has 6 heteroatoms. The van der Waals surface area contributed by atoms with E-state index in [0.717, 1.165) is 11.1 Å². The highest BCUT2D eigenvalue weighted by atomic mass is 16.7. The maximum atomic E-state index is 11.6. The Hall–Kier alpha value is -1.92. The van der Waals surface area contributed by atoms with E-state index in [4.69, 9.17) is 19.0 Å². The molecule has 3 rings (SSSR count). The van der Waals surface area contributed by atoms with Crippen LogP contribution in [0.2, 0.25) is 0 Å². The van der Waals surface area contributed by atoms with Crippen LogP contribution in [-0.4, -0.2) is 31.5 Å². The molecule has 1 aromatic rings. The van der Waals surface area contributed by atoms with Gasteiger partial charge in [0.1, 0.15) is 0 Å². The Morgan fingerprint density at radius 2 is 1.90 bits per heavy atom. The van der Waals surface area contributed by atoms with Gasteiger partial charge in [0.05, 0.1) is 19.8 Å². The molecule has 2 aliphatic rings. The van der Waals surface area contributed by atoms with Crippen molar-refractivity contribution in [3.63, 3.8) is 0 Å². The average molecular weight is 291 g/mol. The van der Waals surface area contributed by atoms with Gasteiger partial charge in [-0.25, -0.2) is 4.79 Å². The highest BCUT2D eigenvalue weighted by Gasteiger charge is 2.28. The number of rotatable bonds is 4. The van der Waals surface area contributed by atoms with Crippen LogP contribution in [0.4, 0.5) is 0 Å². The van der Waals surface area contributed by atoms with Gasteiger partial charge in [-0.15, -0.1) is 0 Å². The second kappa shape index (κ2) is 6.24. The second-order valence-corrected chi connectivity index (χ2v) is 4.80. The van der Waals surface area contributed by atoms with Crippen LogP contribution in [0.5, 0.6) is 0 Å². The Kier molecular flexibility index (Phi) is 4.17. The lowest BCUT2D eigenvalue weighted by molar-refractivity contribution is -0.135. The van der Waals surface area contributed by atoms with E-state index in [1.54, 1.807) is 6.92 Å². The van der Waals surface area contributed by atoms with E-state index in [-0.39, 0.29) is 12.4 Å². The summed E-state index contributed by atoms with van der Waals surface area (Å²) in [5, 5.41) is 3.80. The van der Waals surface area contributed by atoms with Gasteiger partial charge in [-0.1, -0.05) is 29.4 Å². The third-order valence-electron chi connectivity index (χ3n) is 3.38. The molecular weight excluding hydrogens is 274 g/mol. The molecule has 1 fully saturated rings. The Morgan fingerprint density at radius 1 is 1.24 bits per heavy atom. The van der Waals surface area contributed by atoms with E-state index >= 15 is 0 Å². The number of ether oxygens (including phenoxy) is 3. The predicted octanol–water partition coefficient (Wildman–Crippen LogP) is 2.11. The first-order valence-electron chi connectivity index (χ1n) is 7.01. The zero-order chi connectivity index (χ0) is 14.7. The summed E-state index contributed by atoms with van der Waals surface area (Å²) in [6.45, 7) is 3.33. The summed E-state index contributed by atoms with van der Waals surface area (Å²) in [4.78, 5) is 16.9. The van der Waals surface area contributed by atoms with Crippen LogP contribution in [0, 0.1) is 0 Å². The fourth-order valence-electron chi connectivity index (χ4n) is 2.31. The number of hydrogen-bond acceptors (Lipinski definition) is 6. The van der Waals surface area contributed by atoms with Crippen LogP contribution in [0.25, 0.3) is 0 Å². The predicted molar refractivity (Wildman–Crippen MR) is 73.6 cm³/mol. The van der Waals surface area contributed by atoms with Crippen LogP contribution in [0.3, 0.4) is 0 Å². The molecule has 0 aliphatic carbocycles. The number of esters is 1. The molecule has 0 saturated carbocycles. The molecule has 0 aromatic heterocycles. The van der Waals surface area contributed by atoms with Gasteiger partial charge >= 0.3 is 5.97 Å². The molecule has 1 saturated heterocycles. The summed E-state index contributed by atoms with van der Waals surface area (Å²) in [5.41, 5.74) is 2.26. The molecule has 0 spiro atoms. The lowest BCUT2D eigenvalue weighted by Gasteiger charge is -2.12. The van der Waals surface area contributed by atoms with Crippen molar-refractivity contribution in [1.29, 1.82) is 0 Å². The first kappa shape index (κ1) is 14.0. The smallest absolute Gasteiger partial charge is 0.356 e. The number of carbonyl (C=O) groups excluding carboxylic acids is 1. The van der Waals surface area contributed by atoms with Crippen LogP contribution in [0.1, 0.15) is 36.9 Å². The fraction of sp³-hybridized carbons (Fsp3) is 0.467. The number of hydrogen-bond donors (Lipinski definition) is 0. The van der Waals surface area contributed by atoms with Gasteiger partial charge in [-0.3, -0.25) is 0 Å². The zero-order valence-electron chi connectivity index (χ0n) is 11.8. The van der Waals surface area contributed by atoms with Gasteiger partial charge in [-0.2, -0.15) is 0 Å². The largest absolute Gasteiger partial charge is 0.461 e. The Morgan fingerprint density at radius 3 is 2.57 bits per heavy atom. The summed E-state index contributed by atoms with van der Waals surface area (Å²) in [7, 11) is 0. The van der Waals surface area contributed by atoms with Crippen molar-refractivity contribution in [2.45, 2.75) is 25.7 Å². The monoisotopic (exact) mass is 291 g/mol. The number of nitrogens with zero attached hydrogens (tertiary/aromatic N) is 1. The third-order valence-corrected chi connectivity index (χ3v) is 3.38. The second-order valence-electron chi connectivity index (χ2n) is 4.80. The number of benzene rings is 1. The topological polar surface area (TPSA) is 66.4 Å². The van der Waals surface area contributed by atoms with Crippen molar-refractivity contribution in [2.75, 3.05) is 19.8 Å². The molecule has 2 aliphatic heterocycles. The summed E-state index contributed by atoms with van der Waals surface area (Å²) >= 11 is 0. The van der Waals surface area contributed by atoms with Gasteiger partial charge in [0.2, 0.25) is 0 Å². The minimum Gasteiger partial charge on any atom is -0.461 e. The fourth-order valence-corrected chi connectivity index (χ4v) is 2.31. The Bertz CT molecular complexity index is 533. The first-order chi connectivity index (χ1) is 10.3. The highest BCUT2D eigenvalue weighted by Crippen LogP contribution is 2.30. The summed E-state index contributed by atoms with van der Waals surface area (Å²) < 4.78 is 15.8. The van der Waals surface area contributed by atoms with Gasteiger partial charge < -0.3 is 19.0 Å². The van der Waals surface area contributed by atoms with Crippen molar-refractivity contribution in [3.8, 4) is 0 Å². The van der Waals surface area contributed by atoms with Crippen LogP contribution in [-0.2, 0) is 23.8 Å². The van der Waals surface area contributed by atoms with Crippen molar-refractivity contribution >= 4 is 11.7 Å². The molecule has 0 N–H and O–H groups in total. The van der Waals surface area contributed by atoms with Crippen molar-refractivity contribution in [2.24, 2.45) is 5.16 Å². The molecule has 0 amide bonds. The van der Waals surface area contributed by atoms with Gasteiger partial charge in [0.15, 0.2) is 18.1 Å². The Balaban J connectivity index is 1.62. The SMILES string of the molecule is CCOC(=O)C1=NOC(c2ccc(C3OCCO3)cc2)C1. The normalized spacial score (nSPS) is 22.0. The molecule has 0 radical (unpaired) electrons. The molecule has 1 atom stereocenters. The van der Waals surface area contributed by atoms with E-state index in [1.165, 1.54) is 0 Å². The standard InChI is InChI=1S/C15H17NO5/c1-2-18-14(17)12-9-13(21-16-12)10-3-5-11(6-4-10)15-19-7-8-20-15/h3-6,13,15H,2,7-9H2,1H3. The van der Waals surface area contributed by atoms with Gasteiger partial charge in [-0.05, 0) is 12.5 Å². The van der Waals surface area contributed by atoms with Crippen LogP contribution in [0.15, 0.2) is 29.4 Å². The molecule has 21 heavy (non-hydrogen) atoms. The summed E-state index contributed by atoms with van der Waals surface area (Å²) in [5.74, 6) is -0.413. The molecule has 112 valence electrons. The van der Waals surface area contributed by atoms with Crippen molar-refractivity contribution in [3.05, 3.63) is 35.4 Å². The molecule has 0 bridgehead atoms. The highest BCUT2D eigenvalue weighted by molar-refractivity contribution is 6.36. The molecular formula is C15H17NO5. The van der Waals surface area contributed by atoms with Gasteiger partial charge in [0, 0.05) is 12.0 Å². The number of carbonyl (C=O) groups is 1. The van der Waals surface area contributed by atoms with Crippen molar-refractivity contribution in [1.82, 2.24) is 0 Å². The Labute approximate surface area is 122 Å². The maximum Gasteiger partial charge on any atom is 0.356 e. The number of oxime groups is 1. The quantitative estimate of drug-likeness (QED) is 0.795. The minimum atomic E-state index is -0.413. The van der Waals surface area contributed by atoms with Crippen molar-refractivity contribution < 1.29 is 23.8 Å². The van der Waals surface area contributed by atoms with E-state index in [1.807, 2.05) is 24.3 Å². The van der Waals surface area contributed by atoms with E-state index < -0.39 is 5.97 Å². The van der Waals surface area contributed by atoms with E-state index in [9.17, 15) is 4.79 Å². The third kappa shape index (κ3) is 3.06. The molecule has 1 unspecified atom stereocenters. The van der Waals surface area contributed by atoms with Crippen LogP contribution >= 0.6 is 0 Å². The van der Waals surface area contributed by atoms with E-state index in [2.05, 4.69) is 5.16 Å². The molecule has 1 aromatic carbocycles. The first-order valence-corrected chi connectivity index (χ1v) is 7.01. The molecule has 2 heterocycles. The maximum absolute atomic E-state index is 11.6. The van der Waals surface area contributed by atoms with E-state index in [0.29, 0.717) is 32.0 Å². The minimum absolute atomic E-state index is 0.246. The van der Waals surface area contributed by atoms with Gasteiger partial charge in [0.25, 0.3) is 0 Å². The summed E-state index contributed by atoms with van der Waals surface area (Å²) in [6.07, 6.45) is -0.104.